The van der Waals surface area contributed by atoms with Gasteiger partial charge in [-0.1, -0.05) is 28.1 Å². The predicted molar refractivity (Wildman–Crippen MR) is 60.3 cm³/mol. The first kappa shape index (κ1) is 9.91. The van der Waals surface area contributed by atoms with E-state index in [1.807, 2.05) is 0 Å². The van der Waals surface area contributed by atoms with Crippen molar-refractivity contribution in [2.24, 2.45) is 5.92 Å². The molecule has 1 aromatic rings. The van der Waals surface area contributed by atoms with Gasteiger partial charge < -0.3 is 0 Å². The molecule has 1 aromatic carbocycles. The number of Topliss-reactive ketones (excluding diaryl/α,β-unsaturated/α-hetero) is 1. The fourth-order valence-electron chi connectivity index (χ4n) is 1.96. The van der Waals surface area contributed by atoms with Crippen molar-refractivity contribution in [3.63, 3.8) is 0 Å². The molecule has 0 bridgehead atoms. The van der Waals surface area contributed by atoms with Crippen LogP contribution in [0.1, 0.15) is 31.2 Å². The number of carbonyl (C=O) groups excluding carboxylic acids is 1. The summed E-state index contributed by atoms with van der Waals surface area (Å²) in [4.78, 5) is 11.0. The fourth-order valence-corrected chi connectivity index (χ4v) is 2.22. The van der Waals surface area contributed by atoms with Crippen LogP contribution in [0.2, 0.25) is 0 Å². The number of carbonyl (C=O) groups is 1. The molecule has 0 spiro atoms. The van der Waals surface area contributed by atoms with Crippen LogP contribution in [0.5, 0.6) is 0 Å². The van der Waals surface area contributed by atoms with E-state index >= 15 is 0 Å². The lowest BCUT2D eigenvalue weighted by molar-refractivity contribution is -0.123. The predicted octanol–water partition coefficient (Wildman–Crippen LogP) is 3.53. The number of hydrogen-bond acceptors (Lipinski definition) is 1. The van der Waals surface area contributed by atoms with Gasteiger partial charge in [0.05, 0.1) is 0 Å². The van der Waals surface area contributed by atoms with Crippen LogP contribution < -0.4 is 0 Å². The van der Waals surface area contributed by atoms with Crippen molar-refractivity contribution in [2.45, 2.75) is 25.7 Å². The molecule has 1 aliphatic rings. The highest BCUT2D eigenvalue weighted by Gasteiger charge is 2.32. The zero-order chi connectivity index (χ0) is 10.1. The number of hydrogen-bond donors (Lipinski definition) is 0. The second-order valence-corrected chi connectivity index (χ2v) is 4.94. The van der Waals surface area contributed by atoms with Crippen molar-refractivity contribution in [1.29, 1.82) is 0 Å². The minimum Gasteiger partial charge on any atom is -0.300 e. The summed E-state index contributed by atoms with van der Waals surface area (Å²) in [6, 6.07) is 8.42. The van der Waals surface area contributed by atoms with Crippen molar-refractivity contribution < 1.29 is 4.79 Å². The summed E-state index contributed by atoms with van der Waals surface area (Å²) in [6.07, 6.45) is 2.08. The Labute approximate surface area is 92.6 Å². The van der Waals surface area contributed by atoms with Gasteiger partial charge in [-0.05, 0) is 43.4 Å². The van der Waals surface area contributed by atoms with Gasteiger partial charge in [0.15, 0.2) is 0 Å². The SMILES string of the molecule is CC(=O)C1CC(c2ccc(Br)cc2)C1. The number of benzene rings is 1. The lowest BCUT2D eigenvalue weighted by atomic mass is 9.70. The molecule has 1 saturated carbocycles. The van der Waals surface area contributed by atoms with E-state index < -0.39 is 0 Å². The third kappa shape index (κ3) is 1.90. The topological polar surface area (TPSA) is 17.1 Å². The molecule has 1 fully saturated rings. The molecule has 0 amide bonds. The van der Waals surface area contributed by atoms with Crippen LogP contribution in [-0.4, -0.2) is 5.78 Å². The van der Waals surface area contributed by atoms with E-state index in [4.69, 9.17) is 0 Å². The highest BCUT2D eigenvalue weighted by atomic mass is 79.9. The standard InChI is InChI=1S/C12H13BrO/c1-8(14)10-6-11(7-10)9-2-4-12(13)5-3-9/h2-5,10-11H,6-7H2,1H3. The van der Waals surface area contributed by atoms with Gasteiger partial charge in [0.25, 0.3) is 0 Å². The average molecular weight is 253 g/mol. The second-order valence-electron chi connectivity index (χ2n) is 4.03. The summed E-state index contributed by atoms with van der Waals surface area (Å²) in [5, 5.41) is 0. The maximum Gasteiger partial charge on any atom is 0.132 e. The third-order valence-electron chi connectivity index (χ3n) is 3.05. The maximum absolute atomic E-state index is 11.0. The van der Waals surface area contributed by atoms with Gasteiger partial charge in [-0.2, -0.15) is 0 Å². The van der Waals surface area contributed by atoms with Gasteiger partial charge in [0, 0.05) is 10.4 Å². The monoisotopic (exact) mass is 252 g/mol. The van der Waals surface area contributed by atoms with Crippen LogP contribution in [0, 0.1) is 5.92 Å². The first-order valence-electron chi connectivity index (χ1n) is 4.92. The van der Waals surface area contributed by atoms with Crippen LogP contribution in [-0.2, 0) is 4.79 Å². The summed E-state index contributed by atoms with van der Waals surface area (Å²) in [5.41, 5.74) is 1.37. The van der Waals surface area contributed by atoms with E-state index in [1.54, 1.807) is 6.92 Å². The first-order valence-corrected chi connectivity index (χ1v) is 5.72. The Morgan fingerprint density at radius 2 is 1.86 bits per heavy atom. The third-order valence-corrected chi connectivity index (χ3v) is 3.58. The van der Waals surface area contributed by atoms with E-state index in [9.17, 15) is 4.79 Å². The summed E-state index contributed by atoms with van der Waals surface area (Å²) < 4.78 is 1.11. The van der Waals surface area contributed by atoms with Crippen LogP contribution >= 0.6 is 15.9 Å². The van der Waals surface area contributed by atoms with Gasteiger partial charge in [0.2, 0.25) is 0 Å². The summed E-state index contributed by atoms with van der Waals surface area (Å²) in [7, 11) is 0. The fraction of sp³-hybridized carbons (Fsp3) is 0.417. The molecule has 0 radical (unpaired) electrons. The number of halogens is 1. The van der Waals surface area contributed by atoms with E-state index in [1.165, 1.54) is 5.56 Å². The van der Waals surface area contributed by atoms with Gasteiger partial charge in [-0.15, -0.1) is 0 Å². The Morgan fingerprint density at radius 1 is 1.29 bits per heavy atom. The second kappa shape index (κ2) is 3.85. The normalized spacial score (nSPS) is 25.6. The van der Waals surface area contributed by atoms with Crippen LogP contribution in [0.4, 0.5) is 0 Å². The number of ketones is 1. The minimum absolute atomic E-state index is 0.323. The van der Waals surface area contributed by atoms with E-state index in [0.717, 1.165) is 17.3 Å². The largest absolute Gasteiger partial charge is 0.300 e. The van der Waals surface area contributed by atoms with Crippen molar-refractivity contribution >= 4 is 21.7 Å². The van der Waals surface area contributed by atoms with Crippen molar-refractivity contribution in [3.8, 4) is 0 Å². The zero-order valence-corrected chi connectivity index (χ0v) is 9.75. The molecule has 0 unspecified atom stereocenters. The lowest BCUT2D eigenvalue weighted by Crippen LogP contribution is -2.27. The first-order chi connectivity index (χ1) is 6.66. The van der Waals surface area contributed by atoms with Crippen molar-refractivity contribution in [3.05, 3.63) is 34.3 Å². The smallest absolute Gasteiger partial charge is 0.132 e. The zero-order valence-electron chi connectivity index (χ0n) is 8.16. The molecule has 14 heavy (non-hydrogen) atoms. The minimum atomic E-state index is 0.323. The molecule has 2 heteroatoms. The Morgan fingerprint density at radius 3 is 2.36 bits per heavy atom. The summed E-state index contributed by atoms with van der Waals surface area (Å²) in [5.74, 6) is 1.28. The molecule has 1 nitrogen and oxygen atoms in total. The number of rotatable bonds is 2. The molecule has 0 atom stereocenters. The molecular weight excluding hydrogens is 240 g/mol. The Hall–Kier alpha value is -0.630. The molecule has 74 valence electrons. The van der Waals surface area contributed by atoms with Gasteiger partial charge in [-0.3, -0.25) is 4.79 Å². The van der Waals surface area contributed by atoms with E-state index in [-0.39, 0.29) is 0 Å². The lowest BCUT2D eigenvalue weighted by Gasteiger charge is -2.33. The van der Waals surface area contributed by atoms with Crippen LogP contribution in [0.3, 0.4) is 0 Å². The van der Waals surface area contributed by atoms with E-state index in [0.29, 0.717) is 17.6 Å². The van der Waals surface area contributed by atoms with Crippen LogP contribution in [0.15, 0.2) is 28.7 Å². The molecular formula is C12H13BrO. The molecule has 0 aromatic heterocycles. The maximum atomic E-state index is 11.0. The molecule has 0 heterocycles. The molecule has 2 rings (SSSR count). The molecule has 0 aliphatic heterocycles. The van der Waals surface area contributed by atoms with Crippen molar-refractivity contribution in [1.82, 2.24) is 0 Å². The van der Waals surface area contributed by atoms with Crippen LogP contribution in [0.25, 0.3) is 0 Å². The van der Waals surface area contributed by atoms with Crippen molar-refractivity contribution in [2.75, 3.05) is 0 Å². The Kier molecular flexibility index (Phi) is 2.73. The molecule has 1 aliphatic carbocycles. The highest BCUT2D eigenvalue weighted by molar-refractivity contribution is 9.10. The molecule has 0 saturated heterocycles. The summed E-state index contributed by atoms with van der Waals surface area (Å²) >= 11 is 3.42. The quantitative estimate of drug-likeness (QED) is 0.787. The Balaban J connectivity index is 2.00. The van der Waals surface area contributed by atoms with Gasteiger partial charge in [0.1, 0.15) is 5.78 Å². The Bertz CT molecular complexity index is 336. The van der Waals surface area contributed by atoms with Gasteiger partial charge in [-0.25, -0.2) is 0 Å². The average Bonchev–Trinajstić information content (AvgIpc) is 2.05. The highest BCUT2D eigenvalue weighted by Crippen LogP contribution is 2.42. The molecule has 0 N–H and O–H groups in total. The van der Waals surface area contributed by atoms with E-state index in [2.05, 4.69) is 40.2 Å². The van der Waals surface area contributed by atoms with Gasteiger partial charge >= 0.3 is 0 Å². The summed E-state index contributed by atoms with van der Waals surface area (Å²) in [6.45, 7) is 1.70.